The summed E-state index contributed by atoms with van der Waals surface area (Å²) >= 11 is 0. The van der Waals surface area contributed by atoms with Gasteiger partial charge in [0.25, 0.3) is 0 Å². The molecule has 0 bridgehead atoms. The van der Waals surface area contributed by atoms with Gasteiger partial charge in [0, 0.05) is 11.3 Å². The standard InChI is InChI=1S/C17H14F3N3O/c1-11-3-2-4-14(9-11)21-10-15-22-16(23-24-15)12-5-7-13(8-6-12)17(18,19)20/h2-9,21H,10H2,1H3. The summed E-state index contributed by atoms with van der Waals surface area (Å²) in [7, 11) is 0. The van der Waals surface area contributed by atoms with Gasteiger partial charge in [0.15, 0.2) is 0 Å². The fourth-order valence-corrected chi connectivity index (χ4v) is 2.18. The first kappa shape index (κ1) is 16.0. The molecule has 0 fully saturated rings. The van der Waals surface area contributed by atoms with Crippen molar-refractivity contribution < 1.29 is 17.7 Å². The van der Waals surface area contributed by atoms with E-state index in [4.69, 9.17) is 4.52 Å². The molecule has 0 radical (unpaired) electrons. The topological polar surface area (TPSA) is 51.0 Å². The molecule has 3 rings (SSSR count). The van der Waals surface area contributed by atoms with Crippen LogP contribution in [0.4, 0.5) is 18.9 Å². The molecule has 0 aliphatic carbocycles. The minimum Gasteiger partial charge on any atom is -0.376 e. The number of nitrogens with one attached hydrogen (secondary N) is 1. The average Bonchev–Trinajstić information content (AvgIpc) is 3.01. The SMILES string of the molecule is Cc1cccc(NCc2nc(-c3ccc(C(F)(F)F)cc3)no2)c1. The van der Waals surface area contributed by atoms with Crippen molar-refractivity contribution in [2.45, 2.75) is 19.6 Å². The predicted octanol–water partition coefficient (Wildman–Crippen LogP) is 4.68. The molecule has 0 amide bonds. The number of halogens is 3. The Kier molecular flexibility index (Phi) is 4.24. The van der Waals surface area contributed by atoms with Crippen molar-refractivity contribution in [1.82, 2.24) is 10.1 Å². The predicted molar refractivity (Wildman–Crippen MR) is 83.2 cm³/mol. The van der Waals surface area contributed by atoms with Crippen LogP contribution < -0.4 is 5.32 Å². The molecule has 1 heterocycles. The van der Waals surface area contributed by atoms with Gasteiger partial charge in [0.05, 0.1) is 12.1 Å². The first-order valence-electron chi connectivity index (χ1n) is 7.22. The number of rotatable bonds is 4. The van der Waals surface area contributed by atoms with Gasteiger partial charge in [-0.05, 0) is 36.8 Å². The summed E-state index contributed by atoms with van der Waals surface area (Å²) in [5, 5.41) is 6.95. The fourth-order valence-electron chi connectivity index (χ4n) is 2.18. The third-order valence-corrected chi connectivity index (χ3v) is 3.40. The lowest BCUT2D eigenvalue weighted by Crippen LogP contribution is -2.04. The number of anilines is 1. The first-order valence-corrected chi connectivity index (χ1v) is 7.22. The summed E-state index contributed by atoms with van der Waals surface area (Å²) in [5.74, 6) is 0.608. The summed E-state index contributed by atoms with van der Waals surface area (Å²) in [6, 6.07) is 12.5. The first-order chi connectivity index (χ1) is 11.4. The van der Waals surface area contributed by atoms with E-state index in [1.54, 1.807) is 0 Å². The molecule has 0 aliphatic heterocycles. The quantitative estimate of drug-likeness (QED) is 0.753. The highest BCUT2D eigenvalue weighted by Crippen LogP contribution is 2.30. The van der Waals surface area contributed by atoms with E-state index < -0.39 is 11.7 Å². The van der Waals surface area contributed by atoms with Crippen LogP contribution in [-0.4, -0.2) is 10.1 Å². The molecule has 1 aromatic heterocycles. The van der Waals surface area contributed by atoms with Crippen LogP contribution in [0.2, 0.25) is 0 Å². The Hall–Kier alpha value is -2.83. The van der Waals surface area contributed by atoms with Crippen molar-refractivity contribution in [1.29, 1.82) is 0 Å². The van der Waals surface area contributed by atoms with Crippen LogP contribution in [0.15, 0.2) is 53.1 Å². The van der Waals surface area contributed by atoms with Gasteiger partial charge in [-0.3, -0.25) is 0 Å². The number of aryl methyl sites for hydroxylation is 1. The zero-order valence-electron chi connectivity index (χ0n) is 12.8. The molecule has 2 aromatic carbocycles. The molecule has 0 atom stereocenters. The smallest absolute Gasteiger partial charge is 0.376 e. The number of alkyl halides is 3. The summed E-state index contributed by atoms with van der Waals surface area (Å²) < 4.78 is 42.8. The second-order valence-corrected chi connectivity index (χ2v) is 5.31. The van der Waals surface area contributed by atoms with E-state index in [1.165, 1.54) is 12.1 Å². The number of nitrogens with zero attached hydrogens (tertiary/aromatic N) is 2. The maximum Gasteiger partial charge on any atom is 0.416 e. The van der Waals surface area contributed by atoms with Gasteiger partial charge in [0.2, 0.25) is 11.7 Å². The molecule has 1 N–H and O–H groups in total. The molecule has 3 aromatic rings. The zero-order valence-corrected chi connectivity index (χ0v) is 12.8. The van der Waals surface area contributed by atoms with Crippen molar-refractivity contribution in [3.05, 3.63) is 65.5 Å². The highest BCUT2D eigenvalue weighted by Gasteiger charge is 2.30. The Morgan fingerprint density at radius 3 is 2.50 bits per heavy atom. The van der Waals surface area contributed by atoms with E-state index in [0.717, 1.165) is 23.4 Å². The molecule has 0 spiro atoms. The summed E-state index contributed by atoms with van der Waals surface area (Å²) in [6.07, 6.45) is -4.36. The number of hydrogen-bond acceptors (Lipinski definition) is 4. The van der Waals surface area contributed by atoms with E-state index in [2.05, 4.69) is 15.5 Å². The van der Waals surface area contributed by atoms with Crippen molar-refractivity contribution in [2.75, 3.05) is 5.32 Å². The van der Waals surface area contributed by atoms with Gasteiger partial charge >= 0.3 is 6.18 Å². The van der Waals surface area contributed by atoms with E-state index in [9.17, 15) is 13.2 Å². The Morgan fingerprint density at radius 1 is 1.08 bits per heavy atom. The van der Waals surface area contributed by atoms with E-state index in [1.807, 2.05) is 31.2 Å². The van der Waals surface area contributed by atoms with Crippen molar-refractivity contribution in [3.8, 4) is 11.4 Å². The molecule has 7 heteroatoms. The molecule has 0 saturated heterocycles. The third-order valence-electron chi connectivity index (χ3n) is 3.40. The minimum atomic E-state index is -4.36. The number of benzene rings is 2. The highest BCUT2D eigenvalue weighted by atomic mass is 19.4. The van der Waals surface area contributed by atoms with Gasteiger partial charge in [0.1, 0.15) is 0 Å². The molecular formula is C17H14F3N3O. The monoisotopic (exact) mass is 333 g/mol. The number of aromatic nitrogens is 2. The lowest BCUT2D eigenvalue weighted by molar-refractivity contribution is -0.137. The van der Waals surface area contributed by atoms with Crippen LogP contribution >= 0.6 is 0 Å². The maximum absolute atomic E-state index is 12.6. The van der Waals surface area contributed by atoms with Gasteiger partial charge in [-0.25, -0.2) is 0 Å². The average molecular weight is 333 g/mol. The Morgan fingerprint density at radius 2 is 1.83 bits per heavy atom. The zero-order chi connectivity index (χ0) is 17.2. The molecule has 0 unspecified atom stereocenters. The molecule has 0 saturated carbocycles. The second kappa shape index (κ2) is 6.35. The Labute approximate surface area is 136 Å². The maximum atomic E-state index is 12.6. The van der Waals surface area contributed by atoms with Crippen LogP contribution in [-0.2, 0) is 12.7 Å². The van der Waals surface area contributed by atoms with E-state index in [-0.39, 0.29) is 5.82 Å². The highest BCUT2D eigenvalue weighted by molar-refractivity contribution is 5.55. The van der Waals surface area contributed by atoms with Gasteiger partial charge < -0.3 is 9.84 Å². The van der Waals surface area contributed by atoms with Crippen LogP contribution in [0.3, 0.4) is 0 Å². The van der Waals surface area contributed by atoms with Crippen LogP contribution in [0, 0.1) is 6.92 Å². The molecule has 0 aliphatic rings. The molecule has 24 heavy (non-hydrogen) atoms. The molecule has 124 valence electrons. The number of hydrogen-bond donors (Lipinski definition) is 1. The van der Waals surface area contributed by atoms with Gasteiger partial charge in [-0.15, -0.1) is 0 Å². The summed E-state index contributed by atoms with van der Waals surface area (Å²) in [6.45, 7) is 2.32. The van der Waals surface area contributed by atoms with Gasteiger partial charge in [-0.2, -0.15) is 18.2 Å². The summed E-state index contributed by atoms with van der Waals surface area (Å²) in [5.41, 5.74) is 1.80. The lowest BCUT2D eigenvalue weighted by Gasteiger charge is -2.05. The van der Waals surface area contributed by atoms with Crippen molar-refractivity contribution in [3.63, 3.8) is 0 Å². The molecule has 4 nitrogen and oxygen atoms in total. The minimum absolute atomic E-state index is 0.254. The third kappa shape index (κ3) is 3.73. The normalized spacial score (nSPS) is 11.5. The Balaban J connectivity index is 1.69. The largest absolute Gasteiger partial charge is 0.416 e. The fraction of sp³-hybridized carbons (Fsp3) is 0.176. The van der Waals surface area contributed by atoms with Gasteiger partial charge in [-0.1, -0.05) is 29.4 Å². The molecular weight excluding hydrogens is 319 g/mol. The van der Waals surface area contributed by atoms with Crippen molar-refractivity contribution >= 4 is 5.69 Å². The lowest BCUT2D eigenvalue weighted by atomic mass is 10.1. The Bertz CT molecular complexity index is 826. The van der Waals surface area contributed by atoms with E-state index >= 15 is 0 Å². The van der Waals surface area contributed by atoms with Crippen LogP contribution in [0.5, 0.6) is 0 Å². The van der Waals surface area contributed by atoms with E-state index in [0.29, 0.717) is 18.0 Å². The van der Waals surface area contributed by atoms with Crippen molar-refractivity contribution in [2.24, 2.45) is 0 Å². The summed E-state index contributed by atoms with van der Waals surface area (Å²) in [4.78, 5) is 4.19. The van der Waals surface area contributed by atoms with Crippen LogP contribution in [0.1, 0.15) is 17.0 Å². The van der Waals surface area contributed by atoms with Crippen LogP contribution in [0.25, 0.3) is 11.4 Å². The second-order valence-electron chi connectivity index (χ2n) is 5.31.